The first-order chi connectivity index (χ1) is 9.75. The number of hydrogen-bond donors (Lipinski definition) is 1. The summed E-state index contributed by atoms with van der Waals surface area (Å²) in [5, 5.41) is 5.08. The minimum Gasteiger partial charge on any atom is -0.336 e. The number of benzene rings is 1. The van der Waals surface area contributed by atoms with Gasteiger partial charge in [0.1, 0.15) is 5.82 Å². The Morgan fingerprint density at radius 3 is 2.71 bits per heavy atom. The van der Waals surface area contributed by atoms with E-state index in [1.54, 1.807) is 4.90 Å². The van der Waals surface area contributed by atoms with Crippen molar-refractivity contribution in [2.75, 3.05) is 6.54 Å². The highest BCUT2D eigenvalue weighted by Gasteiger charge is 2.29. The van der Waals surface area contributed by atoms with E-state index in [1.807, 2.05) is 6.92 Å². The maximum atomic E-state index is 13.9. The third-order valence-electron chi connectivity index (χ3n) is 3.96. The van der Waals surface area contributed by atoms with Crippen molar-refractivity contribution in [3.8, 4) is 0 Å². The Kier molecular flexibility index (Phi) is 4.34. The molecule has 0 saturated carbocycles. The molecule has 0 aliphatic carbocycles. The Balaban J connectivity index is 2.45. The maximum absolute atomic E-state index is 13.9. The number of carbonyl (C=O) groups excluding carboxylic acids is 1. The van der Waals surface area contributed by atoms with E-state index in [0.717, 1.165) is 25.3 Å². The summed E-state index contributed by atoms with van der Waals surface area (Å²) in [6, 6.07) is 2.37. The fourth-order valence-electron chi connectivity index (χ4n) is 2.77. The molecule has 1 amide bonds. The molecule has 1 saturated heterocycles. The Morgan fingerprint density at radius 1 is 1.48 bits per heavy atom. The van der Waals surface area contributed by atoms with Gasteiger partial charge < -0.3 is 4.90 Å². The lowest BCUT2D eigenvalue weighted by atomic mass is 10.1. The van der Waals surface area contributed by atoms with Crippen molar-refractivity contribution in [1.29, 1.82) is 0 Å². The van der Waals surface area contributed by atoms with Crippen molar-refractivity contribution in [3.63, 3.8) is 0 Å². The first-order valence-electron chi connectivity index (χ1n) is 6.89. The number of likely N-dealkylation sites (tertiary alicyclic amines) is 1. The second-order valence-corrected chi connectivity index (χ2v) is 6.86. The second kappa shape index (κ2) is 5.73. The first kappa shape index (κ1) is 15.9. The summed E-state index contributed by atoms with van der Waals surface area (Å²) in [5.74, 6) is -1.08. The number of carbonyl (C=O) groups is 1. The third kappa shape index (κ3) is 3.08. The Bertz CT molecular complexity index is 673. The molecule has 5 nitrogen and oxygen atoms in total. The molecule has 1 atom stereocenters. The van der Waals surface area contributed by atoms with Gasteiger partial charge in [0.15, 0.2) is 0 Å². The van der Waals surface area contributed by atoms with Crippen LogP contribution in [0.3, 0.4) is 0 Å². The van der Waals surface area contributed by atoms with E-state index < -0.39 is 15.8 Å². The van der Waals surface area contributed by atoms with Crippen molar-refractivity contribution >= 4 is 15.9 Å². The topological polar surface area (TPSA) is 80.5 Å². The molecule has 0 spiro atoms. The SMILES string of the molecule is CCC1CCCN1C(=O)c1cc(F)c(C)c(S(N)(=O)=O)c1. The van der Waals surface area contributed by atoms with Gasteiger partial charge in [0.25, 0.3) is 5.91 Å². The Hall–Kier alpha value is -1.47. The highest BCUT2D eigenvalue weighted by Crippen LogP contribution is 2.25. The average Bonchev–Trinajstić information content (AvgIpc) is 2.87. The summed E-state index contributed by atoms with van der Waals surface area (Å²) < 4.78 is 36.9. The first-order valence-corrected chi connectivity index (χ1v) is 8.44. The quantitative estimate of drug-likeness (QED) is 0.923. The van der Waals surface area contributed by atoms with E-state index in [2.05, 4.69) is 0 Å². The fourth-order valence-corrected chi connectivity index (χ4v) is 3.58. The molecule has 1 aromatic rings. The largest absolute Gasteiger partial charge is 0.336 e. The van der Waals surface area contributed by atoms with E-state index in [-0.39, 0.29) is 28.0 Å². The van der Waals surface area contributed by atoms with Gasteiger partial charge in [0.2, 0.25) is 10.0 Å². The minimum atomic E-state index is -4.07. The van der Waals surface area contributed by atoms with Crippen LogP contribution in [0.15, 0.2) is 17.0 Å². The second-order valence-electron chi connectivity index (χ2n) is 5.33. The number of halogens is 1. The lowest BCUT2D eigenvalue weighted by molar-refractivity contribution is 0.0733. The molecular formula is C14H19FN2O3S. The van der Waals surface area contributed by atoms with Crippen LogP contribution in [0.1, 0.15) is 42.1 Å². The van der Waals surface area contributed by atoms with Crippen LogP contribution >= 0.6 is 0 Å². The van der Waals surface area contributed by atoms with Crippen molar-refractivity contribution in [1.82, 2.24) is 4.90 Å². The molecule has 1 aliphatic rings. The molecule has 116 valence electrons. The molecule has 1 fully saturated rings. The van der Waals surface area contributed by atoms with Crippen molar-refractivity contribution in [2.24, 2.45) is 5.14 Å². The van der Waals surface area contributed by atoms with E-state index in [1.165, 1.54) is 13.0 Å². The van der Waals surface area contributed by atoms with Crippen molar-refractivity contribution in [2.45, 2.75) is 44.0 Å². The van der Waals surface area contributed by atoms with Crippen LogP contribution in [0.25, 0.3) is 0 Å². The van der Waals surface area contributed by atoms with Gasteiger partial charge in [-0.1, -0.05) is 6.92 Å². The predicted molar refractivity (Wildman–Crippen MR) is 76.9 cm³/mol. The van der Waals surface area contributed by atoms with Gasteiger partial charge in [0, 0.05) is 23.7 Å². The summed E-state index contributed by atoms with van der Waals surface area (Å²) in [6.07, 6.45) is 2.64. The summed E-state index contributed by atoms with van der Waals surface area (Å²) in [5.41, 5.74) is -0.0370. The molecule has 2 rings (SSSR count). The molecular weight excluding hydrogens is 295 g/mol. The summed E-state index contributed by atoms with van der Waals surface area (Å²) in [7, 11) is -4.07. The summed E-state index contributed by atoms with van der Waals surface area (Å²) >= 11 is 0. The van der Waals surface area contributed by atoms with Crippen LogP contribution in [0.2, 0.25) is 0 Å². The van der Waals surface area contributed by atoms with Crippen LogP contribution in [0.5, 0.6) is 0 Å². The van der Waals surface area contributed by atoms with Gasteiger partial charge in [-0.3, -0.25) is 4.79 Å². The van der Waals surface area contributed by atoms with E-state index in [9.17, 15) is 17.6 Å². The lowest BCUT2D eigenvalue weighted by Crippen LogP contribution is -2.35. The predicted octanol–water partition coefficient (Wildman–Crippen LogP) is 1.80. The number of nitrogens with zero attached hydrogens (tertiary/aromatic N) is 1. The molecule has 2 N–H and O–H groups in total. The number of rotatable bonds is 3. The molecule has 0 bridgehead atoms. The van der Waals surface area contributed by atoms with Gasteiger partial charge in [-0.25, -0.2) is 17.9 Å². The van der Waals surface area contributed by atoms with E-state index >= 15 is 0 Å². The fraction of sp³-hybridized carbons (Fsp3) is 0.500. The Morgan fingerprint density at radius 2 is 2.14 bits per heavy atom. The summed E-state index contributed by atoms with van der Waals surface area (Å²) in [6.45, 7) is 3.92. The molecule has 21 heavy (non-hydrogen) atoms. The smallest absolute Gasteiger partial charge is 0.254 e. The van der Waals surface area contributed by atoms with Crippen LogP contribution < -0.4 is 5.14 Å². The maximum Gasteiger partial charge on any atom is 0.254 e. The zero-order valence-electron chi connectivity index (χ0n) is 12.1. The number of primary sulfonamides is 1. The minimum absolute atomic E-state index is 0.0301. The molecule has 1 heterocycles. The van der Waals surface area contributed by atoms with Crippen molar-refractivity contribution in [3.05, 3.63) is 29.1 Å². The van der Waals surface area contributed by atoms with Gasteiger partial charge in [-0.2, -0.15) is 0 Å². The number of amides is 1. The van der Waals surface area contributed by atoms with Crippen LogP contribution in [0, 0.1) is 12.7 Å². The van der Waals surface area contributed by atoms with E-state index in [4.69, 9.17) is 5.14 Å². The number of sulfonamides is 1. The van der Waals surface area contributed by atoms with Crippen LogP contribution in [-0.4, -0.2) is 31.8 Å². The molecule has 1 unspecified atom stereocenters. The lowest BCUT2D eigenvalue weighted by Gasteiger charge is -2.24. The van der Waals surface area contributed by atoms with Crippen LogP contribution in [0.4, 0.5) is 4.39 Å². The third-order valence-corrected chi connectivity index (χ3v) is 5.00. The summed E-state index contributed by atoms with van der Waals surface area (Å²) in [4.78, 5) is 13.8. The van der Waals surface area contributed by atoms with Gasteiger partial charge in [-0.15, -0.1) is 0 Å². The monoisotopic (exact) mass is 314 g/mol. The highest BCUT2D eigenvalue weighted by atomic mass is 32.2. The molecule has 7 heteroatoms. The average molecular weight is 314 g/mol. The number of hydrogen-bond acceptors (Lipinski definition) is 3. The van der Waals surface area contributed by atoms with Gasteiger partial charge in [-0.05, 0) is 38.3 Å². The molecule has 0 radical (unpaired) electrons. The van der Waals surface area contributed by atoms with Crippen molar-refractivity contribution < 1.29 is 17.6 Å². The van der Waals surface area contributed by atoms with Gasteiger partial charge in [0.05, 0.1) is 4.90 Å². The van der Waals surface area contributed by atoms with Crippen LogP contribution in [-0.2, 0) is 10.0 Å². The van der Waals surface area contributed by atoms with E-state index in [0.29, 0.717) is 6.54 Å². The molecule has 1 aromatic carbocycles. The molecule has 1 aliphatic heterocycles. The molecule has 0 aromatic heterocycles. The number of nitrogens with two attached hydrogens (primary N) is 1. The zero-order valence-corrected chi connectivity index (χ0v) is 12.9. The highest BCUT2D eigenvalue weighted by molar-refractivity contribution is 7.89. The standard InChI is InChI=1S/C14H19FN2O3S/c1-3-11-5-4-6-17(11)14(18)10-7-12(15)9(2)13(8-10)21(16,19)20/h7-8,11H,3-6H2,1-2H3,(H2,16,19,20). The van der Waals surface area contributed by atoms with Gasteiger partial charge >= 0.3 is 0 Å². The normalized spacial score (nSPS) is 19.0. The Labute approximate surface area is 124 Å². The zero-order chi connectivity index (χ0) is 15.8.